The molecule has 6 heteroatoms. The molecule has 0 bridgehead atoms. The van der Waals surface area contributed by atoms with E-state index < -0.39 is 0 Å². The predicted molar refractivity (Wildman–Crippen MR) is 83.3 cm³/mol. The van der Waals surface area contributed by atoms with Crippen LogP contribution in [-0.2, 0) is 0 Å². The number of nitro benzene ring substituents is 1. The average Bonchev–Trinajstić information content (AvgIpc) is 2.37. The number of para-hydroxylation sites is 1. The zero-order chi connectivity index (χ0) is 14.3. The Bertz CT molecular complexity index is 426. The molecule has 0 aromatic heterocycles. The molecule has 0 aliphatic heterocycles. The summed E-state index contributed by atoms with van der Waals surface area (Å²) in [6.07, 6.45) is 2.06. The van der Waals surface area contributed by atoms with E-state index in [0.29, 0.717) is 23.8 Å². The molecule has 0 saturated carbocycles. The van der Waals surface area contributed by atoms with Gasteiger partial charge in [0.05, 0.1) is 4.92 Å². The van der Waals surface area contributed by atoms with E-state index >= 15 is 0 Å². The summed E-state index contributed by atoms with van der Waals surface area (Å²) in [5, 5.41) is 17.4. The first-order valence-corrected chi connectivity index (χ1v) is 7.73. The van der Waals surface area contributed by atoms with Gasteiger partial charge < -0.3 is 10.6 Å². The quantitative estimate of drug-likeness (QED) is 0.565. The molecule has 1 aromatic carbocycles. The van der Waals surface area contributed by atoms with Gasteiger partial charge in [-0.05, 0) is 37.0 Å². The van der Waals surface area contributed by atoms with Gasteiger partial charge in [0, 0.05) is 13.1 Å². The lowest BCUT2D eigenvalue weighted by Gasteiger charge is -2.14. The Morgan fingerprint density at radius 1 is 1.37 bits per heavy atom. The van der Waals surface area contributed by atoms with Gasteiger partial charge in [-0.25, -0.2) is 0 Å². The zero-order valence-electron chi connectivity index (χ0n) is 11.6. The van der Waals surface area contributed by atoms with Crippen molar-refractivity contribution in [2.75, 3.05) is 35.7 Å². The van der Waals surface area contributed by atoms with Crippen LogP contribution in [0.2, 0.25) is 0 Å². The van der Waals surface area contributed by atoms with E-state index in [0.717, 1.165) is 12.3 Å². The molecule has 106 valence electrons. The van der Waals surface area contributed by atoms with Gasteiger partial charge in [0.1, 0.15) is 11.4 Å². The van der Waals surface area contributed by atoms with Crippen LogP contribution in [0.1, 0.15) is 13.8 Å². The molecule has 1 aromatic rings. The maximum atomic E-state index is 11.2. The average molecular weight is 283 g/mol. The third-order valence-corrected chi connectivity index (χ3v) is 3.58. The second-order valence-corrected chi connectivity index (χ2v) is 5.34. The number of nitro groups is 1. The molecule has 1 atom stereocenters. The number of anilines is 2. The van der Waals surface area contributed by atoms with Gasteiger partial charge in [-0.2, -0.15) is 11.8 Å². The number of hydrogen-bond donors (Lipinski definition) is 2. The molecule has 1 unspecified atom stereocenters. The van der Waals surface area contributed by atoms with E-state index in [9.17, 15) is 10.1 Å². The minimum Gasteiger partial charge on any atom is -0.380 e. The summed E-state index contributed by atoms with van der Waals surface area (Å²) < 4.78 is 0. The Morgan fingerprint density at radius 3 is 2.53 bits per heavy atom. The molecule has 0 spiro atoms. The molecule has 0 heterocycles. The van der Waals surface area contributed by atoms with E-state index in [1.807, 2.05) is 13.0 Å². The smallest absolute Gasteiger partial charge is 0.315 e. The molecular formula is C13H21N3O2S. The molecule has 5 nitrogen and oxygen atoms in total. The molecule has 0 radical (unpaired) electrons. The monoisotopic (exact) mass is 283 g/mol. The highest BCUT2D eigenvalue weighted by molar-refractivity contribution is 7.98. The number of nitrogens with zero attached hydrogens (tertiary/aromatic N) is 1. The lowest BCUT2D eigenvalue weighted by molar-refractivity contribution is -0.383. The van der Waals surface area contributed by atoms with Crippen molar-refractivity contribution >= 4 is 28.8 Å². The molecular weight excluding hydrogens is 262 g/mol. The van der Waals surface area contributed by atoms with E-state index in [2.05, 4.69) is 23.8 Å². The van der Waals surface area contributed by atoms with Crippen LogP contribution in [0.3, 0.4) is 0 Å². The fraction of sp³-hybridized carbons (Fsp3) is 0.538. The minimum absolute atomic E-state index is 0.126. The Morgan fingerprint density at radius 2 is 2.00 bits per heavy atom. The van der Waals surface area contributed by atoms with Crippen molar-refractivity contribution in [3.63, 3.8) is 0 Å². The van der Waals surface area contributed by atoms with Crippen LogP contribution in [0, 0.1) is 16.0 Å². The number of rotatable bonds is 8. The first kappa shape index (κ1) is 15.6. The summed E-state index contributed by atoms with van der Waals surface area (Å²) in [6.45, 7) is 5.44. The maximum Gasteiger partial charge on any atom is 0.315 e. The fourth-order valence-electron chi connectivity index (χ4n) is 1.84. The number of benzene rings is 1. The Hall–Kier alpha value is -1.43. The SMILES string of the molecule is CCNc1cccc(NCC(C)CSC)c1[N+](=O)[O-]. The summed E-state index contributed by atoms with van der Waals surface area (Å²) in [4.78, 5) is 10.9. The van der Waals surface area contributed by atoms with Gasteiger partial charge >= 0.3 is 5.69 Å². The van der Waals surface area contributed by atoms with Gasteiger partial charge in [0.25, 0.3) is 0 Å². The second kappa shape index (κ2) is 7.89. The summed E-state index contributed by atoms with van der Waals surface area (Å²) in [5.41, 5.74) is 1.27. The Kier molecular flexibility index (Phi) is 6.49. The van der Waals surface area contributed by atoms with Crippen LogP contribution >= 0.6 is 11.8 Å². The van der Waals surface area contributed by atoms with E-state index in [1.54, 1.807) is 23.9 Å². The standard InChI is InChI=1S/C13H21N3O2S/c1-4-14-11-6-5-7-12(13(11)16(17)18)15-8-10(2)9-19-3/h5-7,10,14-15H,4,8-9H2,1-3H3. The van der Waals surface area contributed by atoms with E-state index in [1.165, 1.54) is 0 Å². The summed E-state index contributed by atoms with van der Waals surface area (Å²) in [6, 6.07) is 5.31. The Balaban J connectivity index is 2.87. The zero-order valence-corrected chi connectivity index (χ0v) is 12.4. The highest BCUT2D eigenvalue weighted by atomic mass is 32.2. The molecule has 0 saturated heterocycles. The van der Waals surface area contributed by atoms with Crippen LogP contribution in [-0.4, -0.2) is 30.0 Å². The lowest BCUT2D eigenvalue weighted by Crippen LogP contribution is -2.14. The van der Waals surface area contributed by atoms with Crippen LogP contribution in [0.4, 0.5) is 17.1 Å². The fourth-order valence-corrected chi connectivity index (χ4v) is 2.53. The summed E-state index contributed by atoms with van der Waals surface area (Å²) in [5.74, 6) is 1.51. The highest BCUT2D eigenvalue weighted by Gasteiger charge is 2.19. The first-order chi connectivity index (χ1) is 9.10. The van der Waals surface area contributed by atoms with Gasteiger partial charge in [0.15, 0.2) is 0 Å². The van der Waals surface area contributed by atoms with Crippen molar-refractivity contribution in [3.8, 4) is 0 Å². The molecule has 2 N–H and O–H groups in total. The van der Waals surface area contributed by atoms with Gasteiger partial charge in [-0.15, -0.1) is 0 Å². The van der Waals surface area contributed by atoms with E-state index in [-0.39, 0.29) is 10.6 Å². The maximum absolute atomic E-state index is 11.2. The molecule has 0 aliphatic carbocycles. The molecule has 0 aliphatic rings. The van der Waals surface area contributed by atoms with Gasteiger partial charge in [0.2, 0.25) is 0 Å². The van der Waals surface area contributed by atoms with Gasteiger partial charge in [-0.1, -0.05) is 13.0 Å². The number of nitrogens with one attached hydrogen (secondary N) is 2. The summed E-state index contributed by atoms with van der Waals surface area (Å²) in [7, 11) is 0. The van der Waals surface area contributed by atoms with Crippen molar-refractivity contribution in [3.05, 3.63) is 28.3 Å². The van der Waals surface area contributed by atoms with Crippen LogP contribution in [0.15, 0.2) is 18.2 Å². The lowest BCUT2D eigenvalue weighted by atomic mass is 10.2. The third-order valence-electron chi connectivity index (χ3n) is 2.68. The Labute approximate surface area is 118 Å². The molecule has 19 heavy (non-hydrogen) atoms. The molecule has 0 fully saturated rings. The van der Waals surface area contributed by atoms with Gasteiger partial charge in [-0.3, -0.25) is 10.1 Å². The van der Waals surface area contributed by atoms with E-state index in [4.69, 9.17) is 0 Å². The molecule has 0 amide bonds. The second-order valence-electron chi connectivity index (χ2n) is 4.43. The third kappa shape index (κ3) is 4.63. The topological polar surface area (TPSA) is 67.2 Å². The van der Waals surface area contributed by atoms with Crippen LogP contribution < -0.4 is 10.6 Å². The van der Waals surface area contributed by atoms with Crippen LogP contribution in [0.25, 0.3) is 0 Å². The minimum atomic E-state index is -0.334. The van der Waals surface area contributed by atoms with Crippen molar-refractivity contribution in [1.82, 2.24) is 0 Å². The normalized spacial score (nSPS) is 11.9. The highest BCUT2D eigenvalue weighted by Crippen LogP contribution is 2.32. The van der Waals surface area contributed by atoms with Crippen molar-refractivity contribution in [1.29, 1.82) is 0 Å². The number of hydrogen-bond acceptors (Lipinski definition) is 5. The largest absolute Gasteiger partial charge is 0.380 e. The summed E-state index contributed by atoms with van der Waals surface area (Å²) >= 11 is 1.78. The van der Waals surface area contributed by atoms with Crippen molar-refractivity contribution in [2.45, 2.75) is 13.8 Å². The van der Waals surface area contributed by atoms with Crippen molar-refractivity contribution in [2.24, 2.45) is 5.92 Å². The number of thioether (sulfide) groups is 1. The molecule has 1 rings (SSSR count). The van der Waals surface area contributed by atoms with Crippen molar-refractivity contribution < 1.29 is 4.92 Å². The predicted octanol–water partition coefficient (Wildman–Crippen LogP) is 3.44. The van der Waals surface area contributed by atoms with Crippen LogP contribution in [0.5, 0.6) is 0 Å². The first-order valence-electron chi connectivity index (χ1n) is 6.34.